The summed E-state index contributed by atoms with van der Waals surface area (Å²) in [5, 5.41) is 12.0. The molecule has 2 amide bonds. The van der Waals surface area contributed by atoms with Crippen molar-refractivity contribution in [1.29, 1.82) is 5.26 Å². The Morgan fingerprint density at radius 3 is 2.60 bits per heavy atom. The second kappa shape index (κ2) is 5.85. The number of hydrogen-bond donors (Lipinski definition) is 1. The molecule has 0 spiro atoms. The molecule has 2 unspecified atom stereocenters. The van der Waals surface area contributed by atoms with Crippen molar-refractivity contribution in [2.75, 3.05) is 7.05 Å². The van der Waals surface area contributed by atoms with Crippen LogP contribution < -0.4 is 5.32 Å². The fourth-order valence-corrected chi connectivity index (χ4v) is 2.31. The number of amides is 2. The minimum atomic E-state index is -0.330. The number of carbonyl (C=O) groups excluding carboxylic acids is 2. The normalized spacial score (nSPS) is 20.6. The van der Waals surface area contributed by atoms with Crippen molar-refractivity contribution in [2.45, 2.75) is 31.8 Å². The molecule has 2 atom stereocenters. The van der Waals surface area contributed by atoms with E-state index in [0.29, 0.717) is 18.4 Å². The second-order valence-electron chi connectivity index (χ2n) is 5.00. The van der Waals surface area contributed by atoms with Crippen LogP contribution in [0.3, 0.4) is 0 Å². The summed E-state index contributed by atoms with van der Waals surface area (Å²) in [4.78, 5) is 24.6. The van der Waals surface area contributed by atoms with Crippen LogP contribution in [-0.4, -0.2) is 29.8 Å². The lowest BCUT2D eigenvalue weighted by Gasteiger charge is -2.30. The maximum atomic E-state index is 12.0. The molecular weight excluding hydrogens is 254 g/mol. The number of carbonyl (C=O) groups is 2. The molecule has 104 valence electrons. The van der Waals surface area contributed by atoms with Crippen LogP contribution in [0.5, 0.6) is 0 Å². The standard InChI is InChI=1S/C15H17N3O2/c1-10(12-5-3-11(9-16)4-6-12)17-13-7-8-14(19)18(2)15(13)20/h3-6,10,13,17H,7-8H2,1-2H3. The first kappa shape index (κ1) is 14.2. The third kappa shape index (κ3) is 2.86. The van der Waals surface area contributed by atoms with Crippen LogP contribution in [0.25, 0.3) is 0 Å². The Kier molecular flexibility index (Phi) is 4.16. The first-order chi connectivity index (χ1) is 9.52. The molecule has 20 heavy (non-hydrogen) atoms. The van der Waals surface area contributed by atoms with Crippen LogP contribution in [0.4, 0.5) is 0 Å². The van der Waals surface area contributed by atoms with E-state index in [2.05, 4.69) is 11.4 Å². The van der Waals surface area contributed by atoms with E-state index in [1.807, 2.05) is 19.1 Å². The number of imide groups is 1. The van der Waals surface area contributed by atoms with Crippen LogP contribution in [0.1, 0.15) is 36.9 Å². The SMILES string of the molecule is CC(NC1CCC(=O)N(C)C1=O)c1ccc(C#N)cc1. The van der Waals surface area contributed by atoms with Crippen molar-refractivity contribution in [3.63, 3.8) is 0 Å². The lowest BCUT2D eigenvalue weighted by atomic mass is 10.0. The molecule has 1 aliphatic rings. The smallest absolute Gasteiger partial charge is 0.246 e. The van der Waals surface area contributed by atoms with E-state index in [4.69, 9.17) is 5.26 Å². The molecule has 5 heteroatoms. The van der Waals surface area contributed by atoms with Gasteiger partial charge in [-0.1, -0.05) is 12.1 Å². The topological polar surface area (TPSA) is 73.2 Å². The van der Waals surface area contributed by atoms with Crippen molar-refractivity contribution in [1.82, 2.24) is 10.2 Å². The van der Waals surface area contributed by atoms with Crippen molar-refractivity contribution < 1.29 is 9.59 Å². The second-order valence-corrected chi connectivity index (χ2v) is 5.00. The average molecular weight is 271 g/mol. The Morgan fingerprint density at radius 2 is 2.00 bits per heavy atom. The molecule has 0 bridgehead atoms. The van der Waals surface area contributed by atoms with Gasteiger partial charge in [0.2, 0.25) is 11.8 Å². The van der Waals surface area contributed by atoms with Gasteiger partial charge in [-0.05, 0) is 31.0 Å². The first-order valence-corrected chi connectivity index (χ1v) is 6.59. The van der Waals surface area contributed by atoms with Crippen molar-refractivity contribution in [3.8, 4) is 6.07 Å². The Hall–Kier alpha value is -2.19. The predicted molar refractivity (Wildman–Crippen MR) is 73.5 cm³/mol. The summed E-state index contributed by atoms with van der Waals surface area (Å²) in [6.45, 7) is 1.96. The van der Waals surface area contributed by atoms with Crippen LogP contribution >= 0.6 is 0 Å². The number of likely N-dealkylation sites (N-methyl/N-ethyl adjacent to an activating group) is 1. The zero-order valence-corrected chi connectivity index (χ0v) is 11.6. The van der Waals surface area contributed by atoms with Gasteiger partial charge >= 0.3 is 0 Å². The molecule has 1 heterocycles. The van der Waals surface area contributed by atoms with Crippen LogP contribution in [-0.2, 0) is 9.59 Å². The molecule has 1 aromatic carbocycles. The van der Waals surface area contributed by atoms with Crippen molar-refractivity contribution in [2.24, 2.45) is 0 Å². The van der Waals surface area contributed by atoms with Crippen LogP contribution in [0.2, 0.25) is 0 Å². The zero-order chi connectivity index (χ0) is 14.7. The highest BCUT2D eigenvalue weighted by atomic mass is 16.2. The zero-order valence-electron chi connectivity index (χ0n) is 11.6. The maximum absolute atomic E-state index is 12.0. The minimum absolute atomic E-state index is 0.0155. The molecule has 5 nitrogen and oxygen atoms in total. The van der Waals surface area contributed by atoms with E-state index in [1.165, 1.54) is 11.9 Å². The van der Waals surface area contributed by atoms with Crippen molar-refractivity contribution >= 4 is 11.8 Å². The van der Waals surface area contributed by atoms with Gasteiger partial charge in [-0.2, -0.15) is 5.26 Å². The third-order valence-electron chi connectivity index (χ3n) is 3.64. The molecule has 0 radical (unpaired) electrons. The van der Waals surface area contributed by atoms with Gasteiger partial charge in [0.15, 0.2) is 0 Å². The van der Waals surface area contributed by atoms with E-state index in [1.54, 1.807) is 12.1 Å². The highest BCUT2D eigenvalue weighted by molar-refractivity contribution is 6.00. The summed E-state index contributed by atoms with van der Waals surface area (Å²) in [6.07, 6.45) is 0.919. The largest absolute Gasteiger partial charge is 0.299 e. The Bertz CT molecular complexity index is 559. The number of hydrogen-bond acceptors (Lipinski definition) is 4. The Morgan fingerprint density at radius 1 is 1.35 bits per heavy atom. The number of nitrogens with one attached hydrogen (secondary N) is 1. The lowest BCUT2D eigenvalue weighted by molar-refractivity contribution is -0.148. The van der Waals surface area contributed by atoms with E-state index in [9.17, 15) is 9.59 Å². The molecule has 2 rings (SSSR count). The van der Waals surface area contributed by atoms with Crippen LogP contribution in [0.15, 0.2) is 24.3 Å². The monoisotopic (exact) mass is 271 g/mol. The number of likely N-dealkylation sites (tertiary alicyclic amines) is 1. The maximum Gasteiger partial charge on any atom is 0.246 e. The van der Waals surface area contributed by atoms with Gasteiger partial charge in [0, 0.05) is 19.5 Å². The van der Waals surface area contributed by atoms with Gasteiger partial charge in [0.25, 0.3) is 0 Å². The summed E-state index contributed by atoms with van der Waals surface area (Å²) in [5.74, 6) is -0.305. The summed E-state index contributed by atoms with van der Waals surface area (Å²) < 4.78 is 0. The van der Waals surface area contributed by atoms with Crippen molar-refractivity contribution in [3.05, 3.63) is 35.4 Å². The number of nitrogens with zero attached hydrogens (tertiary/aromatic N) is 2. The lowest BCUT2D eigenvalue weighted by Crippen LogP contribution is -2.51. The molecular formula is C15H17N3O2. The van der Waals surface area contributed by atoms with E-state index in [-0.39, 0.29) is 23.9 Å². The summed E-state index contributed by atoms with van der Waals surface area (Å²) in [7, 11) is 1.52. The highest BCUT2D eigenvalue weighted by Gasteiger charge is 2.32. The average Bonchev–Trinajstić information content (AvgIpc) is 2.48. The highest BCUT2D eigenvalue weighted by Crippen LogP contribution is 2.18. The van der Waals surface area contributed by atoms with E-state index >= 15 is 0 Å². The molecule has 1 fully saturated rings. The molecule has 1 aliphatic heterocycles. The molecule has 1 aromatic rings. The number of nitriles is 1. The summed E-state index contributed by atoms with van der Waals surface area (Å²) in [5.41, 5.74) is 1.62. The summed E-state index contributed by atoms with van der Waals surface area (Å²) in [6, 6.07) is 8.99. The number of piperidine rings is 1. The fourth-order valence-electron chi connectivity index (χ4n) is 2.31. The van der Waals surface area contributed by atoms with Gasteiger partial charge in [0.05, 0.1) is 17.7 Å². The number of benzene rings is 1. The predicted octanol–water partition coefficient (Wildman–Crippen LogP) is 1.36. The Labute approximate surface area is 118 Å². The van der Waals surface area contributed by atoms with Crippen LogP contribution in [0, 0.1) is 11.3 Å². The number of rotatable bonds is 3. The molecule has 0 aromatic heterocycles. The Balaban J connectivity index is 2.04. The van der Waals surface area contributed by atoms with Gasteiger partial charge in [0.1, 0.15) is 0 Å². The quantitative estimate of drug-likeness (QED) is 0.842. The molecule has 1 saturated heterocycles. The van der Waals surface area contributed by atoms with E-state index in [0.717, 1.165) is 5.56 Å². The van der Waals surface area contributed by atoms with Gasteiger partial charge in [-0.15, -0.1) is 0 Å². The minimum Gasteiger partial charge on any atom is -0.299 e. The molecule has 0 aliphatic carbocycles. The molecule has 1 N–H and O–H groups in total. The first-order valence-electron chi connectivity index (χ1n) is 6.59. The van der Waals surface area contributed by atoms with Gasteiger partial charge in [-0.3, -0.25) is 19.8 Å². The third-order valence-corrected chi connectivity index (χ3v) is 3.64. The van der Waals surface area contributed by atoms with Gasteiger partial charge in [-0.25, -0.2) is 0 Å². The molecule has 0 saturated carbocycles. The van der Waals surface area contributed by atoms with Gasteiger partial charge < -0.3 is 0 Å². The fraction of sp³-hybridized carbons (Fsp3) is 0.400. The summed E-state index contributed by atoms with van der Waals surface area (Å²) >= 11 is 0. The van der Waals surface area contributed by atoms with E-state index < -0.39 is 0 Å².